The van der Waals surface area contributed by atoms with Crippen LogP contribution in [0, 0.1) is 10.6 Å². The highest BCUT2D eigenvalue weighted by molar-refractivity contribution is 9.10. The number of rotatable bonds is 4. The Labute approximate surface area is 126 Å². The van der Waals surface area contributed by atoms with Crippen LogP contribution in [0.2, 0.25) is 0 Å². The third-order valence-corrected chi connectivity index (χ3v) is 5.07. The molecular weight excluding hydrogens is 327 g/mol. The van der Waals surface area contributed by atoms with E-state index in [-0.39, 0.29) is 11.4 Å². The van der Waals surface area contributed by atoms with Crippen LogP contribution in [0.5, 0.6) is 0 Å². The van der Waals surface area contributed by atoms with Gasteiger partial charge in [-0.05, 0) is 53.5 Å². The molecule has 1 aromatic heterocycles. The summed E-state index contributed by atoms with van der Waals surface area (Å²) in [7, 11) is 0. The van der Waals surface area contributed by atoms with E-state index in [0.717, 1.165) is 30.3 Å². The summed E-state index contributed by atoms with van der Waals surface area (Å²) >= 11 is 8.71. The molecule has 5 heteroatoms. The second kappa shape index (κ2) is 5.37. The lowest BCUT2D eigenvalue weighted by atomic mass is 9.89. The molecule has 0 saturated heterocycles. The Bertz CT molecular complexity index is 647. The van der Waals surface area contributed by atoms with E-state index < -0.39 is 0 Å². The summed E-state index contributed by atoms with van der Waals surface area (Å²) in [4.78, 5) is 3.12. The summed E-state index contributed by atoms with van der Waals surface area (Å²) in [5, 5.41) is 0. The zero-order chi connectivity index (χ0) is 14.2. The first-order valence-electron chi connectivity index (χ1n) is 6.59. The van der Waals surface area contributed by atoms with Crippen LogP contribution >= 0.6 is 28.1 Å². The summed E-state index contributed by atoms with van der Waals surface area (Å²) in [6.07, 6.45) is 2.99. The first kappa shape index (κ1) is 14.7. The molecule has 0 amide bonds. The van der Waals surface area contributed by atoms with E-state index >= 15 is 0 Å². The van der Waals surface area contributed by atoms with Gasteiger partial charge < -0.3 is 9.55 Å². The highest BCUT2D eigenvalue weighted by Gasteiger charge is 2.28. The highest BCUT2D eigenvalue weighted by Crippen LogP contribution is 2.34. The molecule has 0 atom stereocenters. The summed E-state index contributed by atoms with van der Waals surface area (Å²) in [6, 6.07) is 3.31. The van der Waals surface area contributed by atoms with Crippen LogP contribution in [-0.2, 0) is 5.54 Å². The summed E-state index contributed by atoms with van der Waals surface area (Å²) in [6.45, 7) is 6.52. The molecule has 1 aromatic carbocycles. The van der Waals surface area contributed by atoms with Gasteiger partial charge in [0.1, 0.15) is 5.82 Å². The van der Waals surface area contributed by atoms with Gasteiger partial charge in [-0.25, -0.2) is 4.39 Å². The van der Waals surface area contributed by atoms with Crippen molar-refractivity contribution in [2.45, 2.75) is 45.6 Å². The van der Waals surface area contributed by atoms with Gasteiger partial charge in [0.2, 0.25) is 0 Å². The number of fused-ring (bicyclic) bond motifs is 1. The number of imidazole rings is 1. The first-order valence-corrected chi connectivity index (χ1v) is 7.79. The molecule has 0 bridgehead atoms. The predicted molar refractivity (Wildman–Crippen MR) is 83.6 cm³/mol. The van der Waals surface area contributed by atoms with Crippen molar-refractivity contribution in [2.75, 3.05) is 0 Å². The van der Waals surface area contributed by atoms with Crippen LogP contribution in [0.1, 0.15) is 40.0 Å². The maximum Gasteiger partial charge on any atom is 0.178 e. The summed E-state index contributed by atoms with van der Waals surface area (Å²) < 4.78 is 16.9. The van der Waals surface area contributed by atoms with Crippen molar-refractivity contribution < 1.29 is 4.39 Å². The van der Waals surface area contributed by atoms with E-state index in [1.165, 1.54) is 6.07 Å². The van der Waals surface area contributed by atoms with Gasteiger partial charge in [-0.15, -0.1) is 0 Å². The summed E-state index contributed by atoms with van der Waals surface area (Å²) in [5.41, 5.74) is 1.71. The van der Waals surface area contributed by atoms with Crippen LogP contribution in [0.3, 0.4) is 0 Å². The molecule has 2 nitrogen and oxygen atoms in total. The molecule has 2 rings (SSSR count). The Balaban J connectivity index is 2.83. The molecular formula is C14H18BrFN2S. The van der Waals surface area contributed by atoms with Crippen molar-refractivity contribution in [3.8, 4) is 0 Å². The lowest BCUT2D eigenvalue weighted by molar-refractivity contribution is 0.255. The minimum Gasteiger partial charge on any atom is -0.330 e. The predicted octanol–water partition coefficient (Wildman–Crippen LogP) is 5.53. The fraction of sp³-hybridized carbons (Fsp3) is 0.500. The summed E-state index contributed by atoms with van der Waals surface area (Å²) in [5.74, 6) is -0.272. The lowest BCUT2D eigenvalue weighted by Gasteiger charge is -2.33. The molecule has 1 heterocycles. The smallest absolute Gasteiger partial charge is 0.178 e. The zero-order valence-electron chi connectivity index (χ0n) is 11.4. The molecule has 0 aliphatic heterocycles. The molecule has 0 unspecified atom stereocenters. The van der Waals surface area contributed by atoms with E-state index in [1.807, 2.05) is 6.07 Å². The second-order valence-electron chi connectivity index (χ2n) is 4.83. The number of aromatic nitrogens is 2. The van der Waals surface area contributed by atoms with Crippen LogP contribution in [-0.4, -0.2) is 9.55 Å². The maximum atomic E-state index is 13.6. The topological polar surface area (TPSA) is 20.7 Å². The Hall–Kier alpha value is -0.680. The number of aromatic amines is 1. The third kappa shape index (κ3) is 2.27. The number of halogens is 2. The zero-order valence-corrected chi connectivity index (χ0v) is 13.8. The molecule has 0 aliphatic carbocycles. The van der Waals surface area contributed by atoms with E-state index in [4.69, 9.17) is 12.2 Å². The number of H-pyrrole nitrogens is 1. The van der Waals surface area contributed by atoms with Gasteiger partial charge in [0.05, 0.1) is 15.5 Å². The van der Waals surface area contributed by atoms with Gasteiger partial charge in [-0.1, -0.05) is 20.8 Å². The first-order chi connectivity index (χ1) is 8.99. The molecule has 0 aliphatic rings. The van der Waals surface area contributed by atoms with Gasteiger partial charge in [0, 0.05) is 11.6 Å². The monoisotopic (exact) mass is 344 g/mol. The molecule has 0 radical (unpaired) electrons. The molecule has 1 N–H and O–H groups in total. The van der Waals surface area contributed by atoms with E-state index in [0.29, 0.717) is 9.24 Å². The maximum absolute atomic E-state index is 13.6. The Morgan fingerprint density at radius 2 is 1.84 bits per heavy atom. The Morgan fingerprint density at radius 1 is 1.26 bits per heavy atom. The van der Waals surface area contributed by atoms with Gasteiger partial charge in [-0.2, -0.15) is 0 Å². The van der Waals surface area contributed by atoms with Gasteiger partial charge in [-0.3, -0.25) is 0 Å². The minimum absolute atomic E-state index is 0.00734. The fourth-order valence-electron chi connectivity index (χ4n) is 2.80. The number of nitrogens with one attached hydrogen (secondary N) is 1. The second-order valence-corrected chi connectivity index (χ2v) is 6.08. The van der Waals surface area contributed by atoms with Crippen molar-refractivity contribution >= 4 is 39.2 Å². The van der Waals surface area contributed by atoms with Crippen LogP contribution in [0.25, 0.3) is 11.0 Å². The molecule has 104 valence electrons. The fourth-order valence-corrected chi connectivity index (χ4v) is 3.53. The number of hydrogen-bond acceptors (Lipinski definition) is 1. The van der Waals surface area contributed by atoms with Crippen molar-refractivity contribution in [3.05, 3.63) is 27.2 Å². The van der Waals surface area contributed by atoms with Gasteiger partial charge in [0.15, 0.2) is 4.77 Å². The van der Waals surface area contributed by atoms with Crippen LogP contribution in [0.4, 0.5) is 4.39 Å². The van der Waals surface area contributed by atoms with Gasteiger partial charge >= 0.3 is 0 Å². The number of nitrogens with zero attached hydrogens (tertiary/aromatic N) is 1. The van der Waals surface area contributed by atoms with Crippen LogP contribution in [0.15, 0.2) is 16.6 Å². The van der Waals surface area contributed by atoms with Crippen LogP contribution < -0.4 is 0 Å². The van der Waals surface area contributed by atoms with Crippen molar-refractivity contribution in [3.63, 3.8) is 0 Å². The van der Waals surface area contributed by atoms with E-state index in [9.17, 15) is 4.39 Å². The molecule has 2 aromatic rings. The largest absolute Gasteiger partial charge is 0.330 e. The van der Waals surface area contributed by atoms with Crippen molar-refractivity contribution in [1.82, 2.24) is 9.55 Å². The minimum atomic E-state index is -0.272. The highest BCUT2D eigenvalue weighted by atomic mass is 79.9. The van der Waals surface area contributed by atoms with Gasteiger partial charge in [0.25, 0.3) is 0 Å². The Morgan fingerprint density at radius 3 is 2.37 bits per heavy atom. The normalized spacial score (nSPS) is 12.3. The average molecular weight is 345 g/mol. The molecule has 0 fully saturated rings. The molecule has 0 saturated carbocycles. The standard InChI is InChI=1S/C14H18BrFN2S/c1-4-14(5-2,6-3)18-12-7-9(15)10(16)8-11(12)17-13(18)19/h7-8H,4-6H2,1-3H3,(H,17,19). The van der Waals surface area contributed by atoms with E-state index in [2.05, 4.69) is 46.3 Å². The lowest BCUT2D eigenvalue weighted by Crippen LogP contribution is -2.31. The Kier molecular flexibility index (Phi) is 4.16. The van der Waals surface area contributed by atoms with Crippen molar-refractivity contribution in [1.29, 1.82) is 0 Å². The van der Waals surface area contributed by atoms with Crippen molar-refractivity contribution in [2.24, 2.45) is 0 Å². The molecule has 19 heavy (non-hydrogen) atoms. The molecule has 0 spiro atoms. The van der Waals surface area contributed by atoms with E-state index in [1.54, 1.807) is 0 Å². The third-order valence-electron chi connectivity index (χ3n) is 4.17. The quantitative estimate of drug-likeness (QED) is 0.723. The average Bonchev–Trinajstić information content (AvgIpc) is 2.70. The SMILES string of the molecule is CCC(CC)(CC)n1c(=S)[nH]c2cc(F)c(Br)cc21. The number of benzene rings is 1. The number of hydrogen-bond donors (Lipinski definition) is 1.